The van der Waals surface area contributed by atoms with Crippen molar-refractivity contribution in [3.63, 3.8) is 0 Å². The average Bonchev–Trinajstić information content (AvgIpc) is 2.47. The van der Waals surface area contributed by atoms with E-state index in [-0.39, 0.29) is 11.4 Å². The normalized spacial score (nSPS) is 11.0. The lowest BCUT2D eigenvalue weighted by atomic mass is 10.2. The summed E-state index contributed by atoms with van der Waals surface area (Å²) >= 11 is 1.56. The number of hydrogen-bond donors (Lipinski definition) is 1. The molecule has 0 fully saturated rings. The van der Waals surface area contributed by atoms with Gasteiger partial charge in [0.05, 0.1) is 11.3 Å². The second-order valence-corrected chi connectivity index (χ2v) is 4.96. The molecule has 1 aromatic carbocycles. The number of nitrogens with zero attached hydrogens (tertiary/aromatic N) is 2. The summed E-state index contributed by atoms with van der Waals surface area (Å²) in [5.74, 6) is 0. The number of anilines is 2. The maximum atomic E-state index is 12.7. The highest BCUT2D eigenvalue weighted by atomic mass is 32.2. The highest BCUT2D eigenvalue weighted by Crippen LogP contribution is 2.32. The smallest absolute Gasteiger partial charge is 0.353 e. The Morgan fingerprint density at radius 3 is 2.43 bits per heavy atom. The fourth-order valence-electron chi connectivity index (χ4n) is 1.63. The third-order valence-electron chi connectivity index (χ3n) is 2.69. The standard InChI is InChI=1S/C14H10F3N3S/c1-21-11-4-2-10(3-5-11)20-12-6-9(14(15,16)17)8-19-13(12)7-18/h2-6,8,20H,1H3. The van der Waals surface area contributed by atoms with Crippen molar-refractivity contribution in [3.8, 4) is 6.07 Å². The van der Waals surface area contributed by atoms with Crippen molar-refractivity contribution in [3.05, 3.63) is 47.8 Å². The first kappa shape index (κ1) is 15.2. The highest BCUT2D eigenvalue weighted by molar-refractivity contribution is 7.98. The van der Waals surface area contributed by atoms with Gasteiger partial charge in [-0.3, -0.25) is 0 Å². The van der Waals surface area contributed by atoms with Crippen LogP contribution in [0.4, 0.5) is 24.5 Å². The summed E-state index contributed by atoms with van der Waals surface area (Å²) in [5.41, 5.74) is -0.365. The minimum atomic E-state index is -4.50. The van der Waals surface area contributed by atoms with E-state index in [4.69, 9.17) is 5.26 Å². The molecule has 0 aliphatic heterocycles. The minimum absolute atomic E-state index is 0.0317. The van der Waals surface area contributed by atoms with Gasteiger partial charge in [0.25, 0.3) is 0 Å². The number of benzene rings is 1. The van der Waals surface area contributed by atoms with Gasteiger partial charge < -0.3 is 5.32 Å². The van der Waals surface area contributed by atoms with Crippen molar-refractivity contribution in [2.24, 2.45) is 0 Å². The molecule has 1 heterocycles. The van der Waals surface area contributed by atoms with Gasteiger partial charge in [-0.25, -0.2) is 4.98 Å². The summed E-state index contributed by atoms with van der Waals surface area (Å²) in [7, 11) is 0. The number of rotatable bonds is 3. The Bertz CT molecular complexity index is 675. The van der Waals surface area contributed by atoms with Crippen LogP contribution in [0.1, 0.15) is 11.3 Å². The fourth-order valence-corrected chi connectivity index (χ4v) is 2.04. The zero-order valence-corrected chi connectivity index (χ0v) is 11.7. The number of thioether (sulfide) groups is 1. The van der Waals surface area contributed by atoms with E-state index in [1.165, 1.54) is 0 Å². The van der Waals surface area contributed by atoms with Gasteiger partial charge in [-0.1, -0.05) is 0 Å². The lowest BCUT2D eigenvalue weighted by Crippen LogP contribution is -2.07. The quantitative estimate of drug-likeness (QED) is 0.852. The predicted molar refractivity (Wildman–Crippen MR) is 75.5 cm³/mol. The van der Waals surface area contributed by atoms with E-state index in [0.717, 1.165) is 11.0 Å². The first-order valence-corrected chi connectivity index (χ1v) is 7.05. The lowest BCUT2D eigenvalue weighted by molar-refractivity contribution is -0.137. The number of nitriles is 1. The van der Waals surface area contributed by atoms with Crippen LogP contribution in [0.2, 0.25) is 0 Å². The number of aromatic nitrogens is 1. The van der Waals surface area contributed by atoms with Crippen molar-refractivity contribution >= 4 is 23.1 Å². The van der Waals surface area contributed by atoms with E-state index < -0.39 is 11.7 Å². The van der Waals surface area contributed by atoms with Gasteiger partial charge in [0.1, 0.15) is 6.07 Å². The fraction of sp³-hybridized carbons (Fsp3) is 0.143. The molecule has 0 atom stereocenters. The van der Waals surface area contributed by atoms with E-state index in [9.17, 15) is 13.2 Å². The van der Waals surface area contributed by atoms with Crippen LogP contribution >= 0.6 is 11.8 Å². The average molecular weight is 309 g/mol. The monoisotopic (exact) mass is 309 g/mol. The first-order valence-electron chi connectivity index (χ1n) is 5.82. The second-order valence-electron chi connectivity index (χ2n) is 4.08. The maximum Gasteiger partial charge on any atom is 0.417 e. The van der Waals surface area contributed by atoms with Crippen molar-refractivity contribution in [1.82, 2.24) is 4.98 Å². The second kappa shape index (κ2) is 6.06. The molecule has 7 heteroatoms. The largest absolute Gasteiger partial charge is 0.417 e. The number of alkyl halides is 3. The van der Waals surface area contributed by atoms with Gasteiger partial charge in [-0.15, -0.1) is 11.8 Å². The zero-order valence-electron chi connectivity index (χ0n) is 10.9. The molecule has 0 radical (unpaired) electrons. The van der Waals surface area contributed by atoms with Gasteiger partial charge in [0.2, 0.25) is 0 Å². The summed E-state index contributed by atoms with van der Waals surface area (Å²) in [5, 5.41) is 11.7. The Morgan fingerprint density at radius 1 is 1.24 bits per heavy atom. The molecule has 0 saturated heterocycles. The van der Waals surface area contributed by atoms with E-state index in [1.807, 2.05) is 18.4 Å². The predicted octanol–water partition coefficient (Wildman–Crippen LogP) is 4.44. The summed E-state index contributed by atoms with van der Waals surface area (Å²) in [6, 6.07) is 9.78. The van der Waals surface area contributed by atoms with E-state index >= 15 is 0 Å². The molecule has 2 rings (SSSR count). The van der Waals surface area contributed by atoms with Crippen LogP contribution in [-0.2, 0) is 6.18 Å². The molecule has 0 unspecified atom stereocenters. The lowest BCUT2D eigenvalue weighted by Gasteiger charge is -2.11. The summed E-state index contributed by atoms with van der Waals surface area (Å²) in [6.07, 6.45) is -1.92. The maximum absolute atomic E-state index is 12.7. The summed E-state index contributed by atoms with van der Waals surface area (Å²) in [4.78, 5) is 4.58. The Hall–Kier alpha value is -2.20. The SMILES string of the molecule is CSc1ccc(Nc2cc(C(F)(F)F)cnc2C#N)cc1. The third kappa shape index (κ3) is 3.67. The number of pyridine rings is 1. The van der Waals surface area contributed by atoms with Gasteiger partial charge in [-0.2, -0.15) is 18.4 Å². The van der Waals surface area contributed by atoms with Crippen molar-refractivity contribution in [2.75, 3.05) is 11.6 Å². The molecule has 1 N–H and O–H groups in total. The van der Waals surface area contributed by atoms with Crippen LogP contribution in [0.15, 0.2) is 41.4 Å². The van der Waals surface area contributed by atoms with E-state index in [0.29, 0.717) is 11.9 Å². The molecule has 3 nitrogen and oxygen atoms in total. The van der Waals surface area contributed by atoms with Gasteiger partial charge in [0.15, 0.2) is 5.69 Å². The molecule has 2 aromatic rings. The first-order chi connectivity index (χ1) is 9.94. The molecule has 0 amide bonds. The molecule has 0 saturated carbocycles. The Balaban J connectivity index is 2.35. The topological polar surface area (TPSA) is 48.7 Å². The van der Waals surface area contributed by atoms with Gasteiger partial charge in [0, 0.05) is 16.8 Å². The van der Waals surface area contributed by atoms with Gasteiger partial charge in [-0.05, 0) is 36.6 Å². The van der Waals surface area contributed by atoms with Crippen LogP contribution in [0.25, 0.3) is 0 Å². The third-order valence-corrected chi connectivity index (χ3v) is 3.43. The molecule has 1 aromatic heterocycles. The van der Waals surface area contributed by atoms with Crippen LogP contribution in [0.3, 0.4) is 0 Å². The molecule has 0 spiro atoms. The summed E-state index contributed by atoms with van der Waals surface area (Å²) in [6.45, 7) is 0. The molecule has 21 heavy (non-hydrogen) atoms. The Morgan fingerprint density at radius 2 is 1.90 bits per heavy atom. The Labute approximate surface area is 123 Å². The number of halogens is 3. The van der Waals surface area contributed by atoms with Crippen LogP contribution in [-0.4, -0.2) is 11.2 Å². The van der Waals surface area contributed by atoms with Gasteiger partial charge >= 0.3 is 6.18 Å². The molecule has 0 aliphatic carbocycles. The number of nitrogens with one attached hydrogen (secondary N) is 1. The number of hydrogen-bond acceptors (Lipinski definition) is 4. The zero-order chi connectivity index (χ0) is 15.5. The van der Waals surface area contributed by atoms with Crippen LogP contribution < -0.4 is 5.32 Å². The molecular formula is C14H10F3N3S. The molecule has 108 valence electrons. The summed E-state index contributed by atoms with van der Waals surface area (Å²) < 4.78 is 38.1. The molecule has 0 aliphatic rings. The van der Waals surface area contributed by atoms with Crippen molar-refractivity contribution in [2.45, 2.75) is 11.1 Å². The van der Waals surface area contributed by atoms with Crippen molar-refractivity contribution in [1.29, 1.82) is 5.26 Å². The highest BCUT2D eigenvalue weighted by Gasteiger charge is 2.31. The minimum Gasteiger partial charge on any atom is -0.353 e. The molecular weight excluding hydrogens is 299 g/mol. The van der Waals surface area contributed by atoms with E-state index in [1.54, 1.807) is 30.0 Å². The van der Waals surface area contributed by atoms with Crippen LogP contribution in [0.5, 0.6) is 0 Å². The molecule has 0 bridgehead atoms. The van der Waals surface area contributed by atoms with Crippen molar-refractivity contribution < 1.29 is 13.2 Å². The Kier molecular flexibility index (Phi) is 4.38. The van der Waals surface area contributed by atoms with E-state index in [2.05, 4.69) is 10.3 Å². The van der Waals surface area contributed by atoms with Crippen LogP contribution in [0, 0.1) is 11.3 Å².